The number of hydrogen-bond acceptors (Lipinski definition) is 5. The molecule has 8 heteroatoms. The van der Waals surface area contributed by atoms with Crippen LogP contribution in [0.1, 0.15) is 6.42 Å². The molecule has 0 unspecified atom stereocenters. The largest absolute Gasteiger partial charge is 0.379 e. The van der Waals surface area contributed by atoms with Gasteiger partial charge in [-0.05, 0) is 17.1 Å². The van der Waals surface area contributed by atoms with Gasteiger partial charge in [-0.1, -0.05) is 5.11 Å². The van der Waals surface area contributed by atoms with Crippen LogP contribution < -0.4 is 0 Å². The van der Waals surface area contributed by atoms with E-state index in [2.05, 4.69) is 10.0 Å². The summed E-state index contributed by atoms with van der Waals surface area (Å²) < 4.78 is 15.4. The third-order valence-corrected chi connectivity index (χ3v) is 1.77. The molecule has 0 heterocycles. The van der Waals surface area contributed by atoms with Crippen molar-refractivity contribution in [2.24, 2.45) is 5.11 Å². The summed E-state index contributed by atoms with van der Waals surface area (Å²) in [5.74, 6) is 0. The van der Waals surface area contributed by atoms with Crippen LogP contribution in [-0.4, -0.2) is 51.4 Å². The van der Waals surface area contributed by atoms with Crippen molar-refractivity contribution >= 4 is 16.8 Å². The van der Waals surface area contributed by atoms with Gasteiger partial charge in [-0.25, -0.2) is 0 Å². The molecule has 7 nitrogen and oxygen atoms in total. The van der Waals surface area contributed by atoms with Gasteiger partial charge in [0.25, 0.3) is 0 Å². The minimum atomic E-state index is -0.403. The first kappa shape index (κ1) is 16.1. The summed E-state index contributed by atoms with van der Waals surface area (Å²) in [5, 5.41) is 2.91. The molecule has 0 aliphatic heterocycles. The van der Waals surface area contributed by atoms with Crippen molar-refractivity contribution < 1.29 is 19.0 Å². The van der Waals surface area contributed by atoms with Crippen molar-refractivity contribution in [3.63, 3.8) is 0 Å². The lowest BCUT2D eigenvalue weighted by molar-refractivity contribution is -0.112. The van der Waals surface area contributed by atoms with E-state index in [9.17, 15) is 4.79 Å². The molecule has 0 rings (SSSR count). The van der Waals surface area contributed by atoms with Gasteiger partial charge < -0.3 is 14.2 Å². The second kappa shape index (κ2) is 13.2. The molecular formula is C9H16ClN3O4. The van der Waals surface area contributed by atoms with Crippen molar-refractivity contribution in [2.45, 2.75) is 6.42 Å². The van der Waals surface area contributed by atoms with Crippen molar-refractivity contribution in [3.8, 4) is 0 Å². The van der Waals surface area contributed by atoms with Gasteiger partial charge in [-0.3, -0.25) is 4.79 Å². The average molecular weight is 266 g/mol. The number of carbonyl (C=O) groups excluding carboxylic acids is 1. The number of rotatable bonds is 12. The first-order valence-corrected chi connectivity index (χ1v) is 5.57. The molecule has 0 amide bonds. The zero-order valence-electron chi connectivity index (χ0n) is 9.51. The Morgan fingerprint density at radius 3 is 2.12 bits per heavy atom. The van der Waals surface area contributed by atoms with Crippen molar-refractivity contribution in [3.05, 3.63) is 10.4 Å². The van der Waals surface area contributed by atoms with E-state index < -0.39 is 5.24 Å². The fourth-order valence-electron chi connectivity index (χ4n) is 0.844. The third kappa shape index (κ3) is 15.1. The lowest BCUT2D eigenvalue weighted by Crippen LogP contribution is -2.11. The van der Waals surface area contributed by atoms with Crippen LogP contribution in [0.3, 0.4) is 0 Å². The van der Waals surface area contributed by atoms with Gasteiger partial charge in [0, 0.05) is 17.9 Å². The molecule has 0 saturated carbocycles. The molecule has 0 radical (unpaired) electrons. The van der Waals surface area contributed by atoms with E-state index in [0.29, 0.717) is 46.2 Å². The maximum atomic E-state index is 10.3. The van der Waals surface area contributed by atoms with Crippen LogP contribution in [0.2, 0.25) is 0 Å². The summed E-state index contributed by atoms with van der Waals surface area (Å²) in [6, 6.07) is 0. The van der Waals surface area contributed by atoms with Crippen LogP contribution in [0.4, 0.5) is 0 Å². The van der Waals surface area contributed by atoms with Crippen molar-refractivity contribution in [1.82, 2.24) is 0 Å². The summed E-state index contributed by atoms with van der Waals surface area (Å²) in [6.07, 6.45) is 0.212. The summed E-state index contributed by atoms with van der Waals surface area (Å²) in [4.78, 5) is 12.9. The Balaban J connectivity index is 2.98. The molecule has 0 fully saturated rings. The third-order valence-electron chi connectivity index (χ3n) is 1.59. The van der Waals surface area contributed by atoms with E-state index in [-0.39, 0.29) is 6.42 Å². The molecule has 0 aromatic heterocycles. The molecule has 0 spiro atoms. The van der Waals surface area contributed by atoms with E-state index in [0.717, 1.165) is 0 Å². The zero-order valence-corrected chi connectivity index (χ0v) is 10.3. The van der Waals surface area contributed by atoms with Gasteiger partial charge >= 0.3 is 0 Å². The smallest absolute Gasteiger partial charge is 0.223 e. The Labute approximate surface area is 105 Å². The summed E-state index contributed by atoms with van der Waals surface area (Å²) in [5.41, 5.74) is 7.98. The van der Waals surface area contributed by atoms with Gasteiger partial charge in [0.15, 0.2) is 0 Å². The highest BCUT2D eigenvalue weighted by molar-refractivity contribution is 6.63. The van der Waals surface area contributed by atoms with Crippen LogP contribution in [-0.2, 0) is 19.0 Å². The minimum absolute atomic E-state index is 0.212. The molecule has 0 saturated heterocycles. The van der Waals surface area contributed by atoms with Gasteiger partial charge in [0.05, 0.1) is 39.6 Å². The second-order valence-electron chi connectivity index (χ2n) is 2.90. The maximum Gasteiger partial charge on any atom is 0.223 e. The predicted molar refractivity (Wildman–Crippen MR) is 61.9 cm³/mol. The van der Waals surface area contributed by atoms with E-state index >= 15 is 0 Å². The summed E-state index contributed by atoms with van der Waals surface area (Å²) in [6.45, 7) is 2.79. The molecule has 0 bridgehead atoms. The first-order chi connectivity index (χ1) is 8.27. The average Bonchev–Trinajstić information content (AvgIpc) is 2.30. The Morgan fingerprint density at radius 2 is 1.59 bits per heavy atom. The Bertz CT molecular complexity index is 236. The monoisotopic (exact) mass is 265 g/mol. The van der Waals surface area contributed by atoms with E-state index in [1.54, 1.807) is 0 Å². The predicted octanol–water partition coefficient (Wildman–Crippen LogP) is 1.50. The molecule has 0 aromatic rings. The maximum absolute atomic E-state index is 10.3. The number of ether oxygens (including phenoxy) is 3. The Hall–Kier alpha value is -0.850. The number of hydrogen-bond donors (Lipinski definition) is 0. The second-order valence-corrected chi connectivity index (χ2v) is 3.32. The number of halogens is 1. The highest BCUT2D eigenvalue weighted by Gasteiger charge is 1.95. The molecule has 17 heavy (non-hydrogen) atoms. The van der Waals surface area contributed by atoms with Crippen LogP contribution in [0.5, 0.6) is 0 Å². The number of carbonyl (C=O) groups is 1. The highest BCUT2D eigenvalue weighted by atomic mass is 35.5. The number of azide groups is 1. The van der Waals surface area contributed by atoms with Crippen LogP contribution >= 0.6 is 11.6 Å². The van der Waals surface area contributed by atoms with Crippen LogP contribution in [0.25, 0.3) is 10.4 Å². The lowest BCUT2D eigenvalue weighted by atomic mass is 10.5. The first-order valence-electron chi connectivity index (χ1n) is 5.19. The van der Waals surface area contributed by atoms with E-state index in [4.69, 9.17) is 31.3 Å². The molecule has 0 N–H and O–H groups in total. The summed E-state index contributed by atoms with van der Waals surface area (Å²) in [7, 11) is 0. The standard InChI is InChI=1S/C9H16ClN3O4/c10-9(14)1-3-15-5-7-17-8-6-16-4-2-12-13-11/h1-8H2. The quantitative estimate of drug-likeness (QED) is 0.176. The van der Waals surface area contributed by atoms with Crippen molar-refractivity contribution in [1.29, 1.82) is 0 Å². The van der Waals surface area contributed by atoms with E-state index in [1.807, 2.05) is 0 Å². The SMILES string of the molecule is [N-]=[N+]=NCCOCCOCCOCCC(=O)Cl. The van der Waals surface area contributed by atoms with Crippen LogP contribution in [0.15, 0.2) is 5.11 Å². The Kier molecular flexibility index (Phi) is 12.6. The fourth-order valence-corrected chi connectivity index (χ4v) is 0.922. The zero-order chi connectivity index (χ0) is 12.8. The molecule has 98 valence electrons. The highest BCUT2D eigenvalue weighted by Crippen LogP contribution is 1.89. The molecular weight excluding hydrogens is 250 g/mol. The van der Waals surface area contributed by atoms with Gasteiger partial charge in [-0.15, -0.1) is 0 Å². The van der Waals surface area contributed by atoms with E-state index in [1.165, 1.54) is 0 Å². The van der Waals surface area contributed by atoms with Gasteiger partial charge in [0.2, 0.25) is 5.24 Å². The lowest BCUT2D eigenvalue weighted by Gasteiger charge is -2.05. The minimum Gasteiger partial charge on any atom is -0.379 e. The fraction of sp³-hybridized carbons (Fsp3) is 0.889. The van der Waals surface area contributed by atoms with Gasteiger partial charge in [0.1, 0.15) is 0 Å². The molecule has 0 aromatic carbocycles. The van der Waals surface area contributed by atoms with Crippen molar-refractivity contribution in [2.75, 3.05) is 46.2 Å². The van der Waals surface area contributed by atoms with Crippen LogP contribution in [0, 0.1) is 0 Å². The normalized spacial score (nSPS) is 9.94. The molecule has 0 aliphatic carbocycles. The summed E-state index contributed by atoms with van der Waals surface area (Å²) >= 11 is 5.11. The molecule has 0 aliphatic rings. The number of nitrogens with zero attached hydrogens (tertiary/aromatic N) is 3. The molecule has 0 atom stereocenters. The topological polar surface area (TPSA) is 93.5 Å². The Morgan fingerprint density at radius 1 is 1.06 bits per heavy atom. The van der Waals surface area contributed by atoms with Gasteiger partial charge in [-0.2, -0.15) is 0 Å².